The van der Waals surface area contributed by atoms with E-state index >= 15 is 0 Å². The molecule has 0 bridgehead atoms. The Hall–Kier alpha value is -0.850. The van der Waals surface area contributed by atoms with Gasteiger partial charge in [-0.05, 0) is 45.2 Å². The Morgan fingerprint density at radius 2 is 0.583 bits per heavy atom. The lowest BCUT2D eigenvalue weighted by molar-refractivity contribution is -0.132. The number of rotatable bonds is 38. The molecule has 0 aromatic rings. The zero-order chi connectivity index (χ0) is 34.5. The number of unbranched alkanes of at least 4 members (excludes halogenated alkanes) is 24. The third-order valence-electron chi connectivity index (χ3n) is 9.81. The van der Waals surface area contributed by atoms with Crippen molar-refractivity contribution in [2.24, 2.45) is 11.5 Å². The van der Waals surface area contributed by atoms with Crippen molar-refractivity contribution < 1.29 is 9.59 Å². The summed E-state index contributed by atoms with van der Waals surface area (Å²) in [6.07, 6.45) is 38.0. The molecule has 0 aliphatic carbocycles. The Bertz CT molecular complexity index is 612. The second-order valence-corrected chi connectivity index (χ2v) is 14.4. The lowest BCUT2D eigenvalue weighted by Gasteiger charge is -2.26. The van der Waals surface area contributed by atoms with E-state index in [0.717, 1.165) is 58.0 Å². The highest BCUT2D eigenvalue weighted by Crippen LogP contribution is 2.15. The van der Waals surface area contributed by atoms with Crippen LogP contribution >= 0.6 is 12.4 Å². The molecule has 0 radical (unpaired) electrons. The molecule has 0 unspecified atom stereocenters. The van der Waals surface area contributed by atoms with Gasteiger partial charge in [-0.15, -0.1) is 12.4 Å². The predicted octanol–water partition coefficient (Wildman–Crippen LogP) is 11.1. The van der Waals surface area contributed by atoms with Crippen molar-refractivity contribution in [1.82, 2.24) is 9.80 Å². The summed E-state index contributed by atoms with van der Waals surface area (Å²) >= 11 is 0. The number of hydrogen-bond donors (Lipinski definition) is 2. The van der Waals surface area contributed by atoms with Gasteiger partial charge >= 0.3 is 0 Å². The molecule has 4 N–H and O–H groups in total. The highest BCUT2D eigenvalue weighted by Gasteiger charge is 2.16. The van der Waals surface area contributed by atoms with Crippen LogP contribution in [0.4, 0.5) is 0 Å². The topological polar surface area (TPSA) is 92.7 Å². The molecule has 0 spiro atoms. The number of nitrogens with two attached hydrogens (primary N) is 2. The van der Waals surface area contributed by atoms with Gasteiger partial charge in [-0.1, -0.05) is 168 Å². The van der Waals surface area contributed by atoms with E-state index in [1.807, 2.05) is 9.80 Å². The lowest BCUT2D eigenvalue weighted by Crippen LogP contribution is -2.38. The largest absolute Gasteiger partial charge is 0.343 e. The minimum Gasteiger partial charge on any atom is -0.343 e. The number of carbonyl (C=O) groups is 2. The number of amides is 2. The van der Waals surface area contributed by atoms with Crippen LogP contribution in [0.2, 0.25) is 0 Å². The summed E-state index contributed by atoms with van der Waals surface area (Å²) in [6.45, 7) is 8.63. The molecule has 0 aromatic heterocycles. The second kappa shape index (κ2) is 40.6. The fourth-order valence-corrected chi connectivity index (χ4v) is 6.64. The van der Waals surface area contributed by atoms with E-state index in [1.165, 1.54) is 141 Å². The third-order valence-corrected chi connectivity index (χ3v) is 9.81. The van der Waals surface area contributed by atoms with Crippen molar-refractivity contribution >= 4 is 24.2 Å². The fourth-order valence-electron chi connectivity index (χ4n) is 6.64. The van der Waals surface area contributed by atoms with Gasteiger partial charge in [-0.3, -0.25) is 9.59 Å². The van der Waals surface area contributed by atoms with Crippen molar-refractivity contribution in [3.8, 4) is 0 Å². The van der Waals surface area contributed by atoms with Crippen LogP contribution in [0.1, 0.15) is 213 Å². The van der Waals surface area contributed by atoms with Gasteiger partial charge in [-0.25, -0.2) is 0 Å². The van der Waals surface area contributed by atoms with E-state index in [0.29, 0.717) is 39.0 Å². The number of halogens is 1. The maximum absolute atomic E-state index is 13.1. The molecule has 0 aliphatic rings. The van der Waals surface area contributed by atoms with Crippen LogP contribution in [-0.2, 0) is 9.59 Å². The first-order valence-electron chi connectivity index (χ1n) is 21.1. The number of carbonyl (C=O) groups excluding carboxylic acids is 2. The Labute approximate surface area is 306 Å². The van der Waals surface area contributed by atoms with Crippen LogP contribution in [-0.4, -0.2) is 60.9 Å². The van der Waals surface area contributed by atoms with Gasteiger partial charge < -0.3 is 21.3 Å². The van der Waals surface area contributed by atoms with E-state index in [4.69, 9.17) is 11.5 Å². The Morgan fingerprint density at radius 1 is 0.354 bits per heavy atom. The highest BCUT2D eigenvalue weighted by atomic mass is 35.5. The normalized spacial score (nSPS) is 11.1. The van der Waals surface area contributed by atoms with Crippen molar-refractivity contribution in [2.45, 2.75) is 213 Å². The molecule has 0 atom stereocenters. The van der Waals surface area contributed by atoms with Crippen molar-refractivity contribution in [3.63, 3.8) is 0 Å². The molecule has 2 amide bonds. The molecule has 0 saturated heterocycles. The molecule has 0 rings (SSSR count). The van der Waals surface area contributed by atoms with E-state index in [9.17, 15) is 9.59 Å². The van der Waals surface area contributed by atoms with Crippen molar-refractivity contribution in [1.29, 1.82) is 0 Å². The van der Waals surface area contributed by atoms with Crippen LogP contribution in [0.15, 0.2) is 0 Å². The van der Waals surface area contributed by atoms with Gasteiger partial charge in [0, 0.05) is 39.0 Å². The molecule has 0 heterocycles. The summed E-state index contributed by atoms with van der Waals surface area (Å²) in [7, 11) is 0. The maximum Gasteiger partial charge on any atom is 0.222 e. The fraction of sp³-hybridized carbons (Fsp3) is 0.951. The quantitative estimate of drug-likeness (QED) is 0.0627. The SMILES string of the molecule is CCCCCCCCCCCCCCCC(=O)N(CCCN)CCCN(CCCN)C(=O)CCCCCCCCCCCCCCC.Cl. The molecule has 0 aromatic carbocycles. The van der Waals surface area contributed by atoms with Crippen LogP contribution in [0, 0.1) is 0 Å². The van der Waals surface area contributed by atoms with Crippen molar-refractivity contribution in [3.05, 3.63) is 0 Å². The first-order chi connectivity index (χ1) is 23.1. The Morgan fingerprint density at radius 3 is 0.833 bits per heavy atom. The zero-order valence-electron chi connectivity index (χ0n) is 32.4. The Kier molecular flexibility index (Phi) is 41.6. The molecule has 0 saturated carbocycles. The van der Waals surface area contributed by atoms with Crippen LogP contribution < -0.4 is 11.5 Å². The van der Waals surface area contributed by atoms with Gasteiger partial charge in [0.2, 0.25) is 11.8 Å². The first-order valence-corrected chi connectivity index (χ1v) is 21.1. The standard InChI is InChI=1S/C41H84N4O2.ClH/c1-3-5-7-9-11-13-15-17-19-21-23-25-27-32-40(46)44(36-29-34-42)38-31-39-45(37-30-35-43)41(47)33-28-26-24-22-20-18-16-14-12-10-8-6-4-2;/h3-39,42-43H2,1-2H3;1H. The maximum atomic E-state index is 13.1. The summed E-state index contributed by atoms with van der Waals surface area (Å²) < 4.78 is 0. The molecule has 288 valence electrons. The zero-order valence-corrected chi connectivity index (χ0v) is 33.3. The minimum absolute atomic E-state index is 0. The Balaban J connectivity index is 0. The summed E-state index contributed by atoms with van der Waals surface area (Å²) in [4.78, 5) is 30.2. The molecule has 0 aliphatic heterocycles. The summed E-state index contributed by atoms with van der Waals surface area (Å²) in [5, 5.41) is 0. The third kappa shape index (κ3) is 33.6. The monoisotopic (exact) mass is 701 g/mol. The second-order valence-electron chi connectivity index (χ2n) is 14.4. The minimum atomic E-state index is 0. The molecule has 7 heteroatoms. The lowest BCUT2D eigenvalue weighted by atomic mass is 10.0. The molecule has 0 fully saturated rings. The van der Waals surface area contributed by atoms with Crippen LogP contribution in [0.3, 0.4) is 0 Å². The molecular formula is C41H85ClN4O2. The highest BCUT2D eigenvalue weighted by molar-refractivity contribution is 5.85. The predicted molar refractivity (Wildman–Crippen MR) is 213 cm³/mol. The van der Waals surface area contributed by atoms with E-state index in [1.54, 1.807) is 0 Å². The van der Waals surface area contributed by atoms with Crippen LogP contribution in [0.5, 0.6) is 0 Å². The van der Waals surface area contributed by atoms with Gasteiger partial charge in [-0.2, -0.15) is 0 Å². The first kappa shape index (κ1) is 49.3. The number of hydrogen-bond acceptors (Lipinski definition) is 4. The van der Waals surface area contributed by atoms with Crippen molar-refractivity contribution in [2.75, 3.05) is 39.3 Å². The average Bonchev–Trinajstić information content (AvgIpc) is 3.08. The molecule has 6 nitrogen and oxygen atoms in total. The van der Waals surface area contributed by atoms with Crippen LogP contribution in [0.25, 0.3) is 0 Å². The summed E-state index contributed by atoms with van der Waals surface area (Å²) in [5.41, 5.74) is 11.6. The molecule has 48 heavy (non-hydrogen) atoms. The van der Waals surface area contributed by atoms with Gasteiger partial charge in [0.15, 0.2) is 0 Å². The summed E-state index contributed by atoms with van der Waals surface area (Å²) in [5.74, 6) is 0.515. The number of nitrogens with zero attached hydrogens (tertiary/aromatic N) is 2. The van der Waals surface area contributed by atoms with Gasteiger partial charge in [0.25, 0.3) is 0 Å². The average molecular weight is 702 g/mol. The van der Waals surface area contributed by atoms with E-state index in [2.05, 4.69) is 13.8 Å². The van der Waals surface area contributed by atoms with E-state index < -0.39 is 0 Å². The van der Waals surface area contributed by atoms with Gasteiger partial charge in [0.05, 0.1) is 0 Å². The van der Waals surface area contributed by atoms with Gasteiger partial charge in [0.1, 0.15) is 0 Å². The van der Waals surface area contributed by atoms with E-state index in [-0.39, 0.29) is 24.2 Å². The summed E-state index contributed by atoms with van der Waals surface area (Å²) in [6, 6.07) is 0. The smallest absolute Gasteiger partial charge is 0.222 e. The molecular weight excluding hydrogens is 616 g/mol.